The van der Waals surface area contributed by atoms with Gasteiger partial charge in [-0.05, 0) is 23.6 Å². The predicted molar refractivity (Wildman–Crippen MR) is 84.3 cm³/mol. The fourth-order valence-electron chi connectivity index (χ4n) is 1.68. The van der Waals surface area contributed by atoms with Crippen LogP contribution in [0.4, 0.5) is 0 Å². The second-order valence-electron chi connectivity index (χ2n) is 4.01. The van der Waals surface area contributed by atoms with Crippen molar-refractivity contribution in [3.63, 3.8) is 0 Å². The van der Waals surface area contributed by atoms with E-state index in [0.717, 1.165) is 29.9 Å². The Labute approximate surface area is 123 Å². The molecular formula is C15H16N4S. The van der Waals surface area contributed by atoms with Crippen molar-refractivity contribution in [3.8, 4) is 11.8 Å². The molecule has 1 aromatic rings. The SMILES string of the molecule is CN/C(NCCC#Cc1cccnc1)=C1/C=CSC1=N. The molecule has 1 aromatic heterocycles. The molecule has 1 aliphatic rings. The summed E-state index contributed by atoms with van der Waals surface area (Å²) in [5.41, 5.74) is 1.83. The summed E-state index contributed by atoms with van der Waals surface area (Å²) >= 11 is 1.42. The monoisotopic (exact) mass is 284 g/mol. The van der Waals surface area contributed by atoms with Crippen molar-refractivity contribution in [2.45, 2.75) is 6.42 Å². The van der Waals surface area contributed by atoms with Crippen molar-refractivity contribution in [1.82, 2.24) is 15.6 Å². The predicted octanol–water partition coefficient (Wildman–Crippen LogP) is 2.08. The first-order chi connectivity index (χ1) is 9.81. The van der Waals surface area contributed by atoms with Gasteiger partial charge in [0.25, 0.3) is 0 Å². The summed E-state index contributed by atoms with van der Waals surface area (Å²) in [5.74, 6) is 7.04. The number of thioether (sulfide) groups is 1. The van der Waals surface area contributed by atoms with Gasteiger partial charge in [0, 0.05) is 43.5 Å². The Kier molecular flexibility index (Phi) is 5.27. The summed E-state index contributed by atoms with van der Waals surface area (Å²) < 4.78 is 0. The van der Waals surface area contributed by atoms with Gasteiger partial charge < -0.3 is 10.6 Å². The topological polar surface area (TPSA) is 60.8 Å². The summed E-state index contributed by atoms with van der Waals surface area (Å²) in [6, 6.07) is 3.82. The number of allylic oxidation sites excluding steroid dienone is 1. The lowest BCUT2D eigenvalue weighted by Gasteiger charge is -2.11. The normalized spacial score (nSPS) is 15.6. The number of rotatable bonds is 4. The first-order valence-corrected chi connectivity index (χ1v) is 7.16. The molecule has 0 unspecified atom stereocenters. The zero-order chi connectivity index (χ0) is 14.2. The molecule has 0 fully saturated rings. The van der Waals surface area contributed by atoms with Crippen LogP contribution in [0.3, 0.4) is 0 Å². The summed E-state index contributed by atoms with van der Waals surface area (Å²) in [6.07, 6.45) is 6.16. The highest BCUT2D eigenvalue weighted by Gasteiger charge is 2.12. The van der Waals surface area contributed by atoms with Gasteiger partial charge in [0.2, 0.25) is 0 Å². The van der Waals surface area contributed by atoms with E-state index in [1.165, 1.54) is 11.8 Å². The Balaban J connectivity index is 1.85. The molecule has 5 heteroatoms. The maximum atomic E-state index is 7.80. The third-order valence-corrected chi connectivity index (χ3v) is 3.36. The van der Waals surface area contributed by atoms with E-state index in [0.29, 0.717) is 5.04 Å². The molecule has 1 aliphatic heterocycles. The average molecular weight is 284 g/mol. The van der Waals surface area contributed by atoms with Gasteiger partial charge >= 0.3 is 0 Å². The molecule has 4 nitrogen and oxygen atoms in total. The molecule has 2 rings (SSSR count). The molecular weight excluding hydrogens is 268 g/mol. The van der Waals surface area contributed by atoms with E-state index in [9.17, 15) is 0 Å². The number of hydrogen-bond donors (Lipinski definition) is 3. The van der Waals surface area contributed by atoms with Gasteiger partial charge in [-0.25, -0.2) is 0 Å². The summed E-state index contributed by atoms with van der Waals surface area (Å²) in [7, 11) is 1.85. The van der Waals surface area contributed by atoms with E-state index in [2.05, 4.69) is 27.5 Å². The molecule has 20 heavy (non-hydrogen) atoms. The molecule has 2 heterocycles. The van der Waals surface area contributed by atoms with Crippen LogP contribution in [0.5, 0.6) is 0 Å². The van der Waals surface area contributed by atoms with Crippen LogP contribution in [-0.2, 0) is 0 Å². The number of pyridine rings is 1. The second-order valence-corrected chi connectivity index (χ2v) is 4.92. The van der Waals surface area contributed by atoms with Gasteiger partial charge in [0.1, 0.15) is 10.9 Å². The molecule has 0 saturated carbocycles. The fourth-order valence-corrected chi connectivity index (χ4v) is 2.31. The van der Waals surface area contributed by atoms with E-state index in [1.807, 2.05) is 30.7 Å². The van der Waals surface area contributed by atoms with E-state index >= 15 is 0 Å². The van der Waals surface area contributed by atoms with Crippen molar-refractivity contribution >= 4 is 16.8 Å². The Bertz CT molecular complexity index is 593. The van der Waals surface area contributed by atoms with Crippen molar-refractivity contribution in [1.29, 1.82) is 5.41 Å². The third-order valence-electron chi connectivity index (χ3n) is 2.63. The Morgan fingerprint density at radius 3 is 3.05 bits per heavy atom. The van der Waals surface area contributed by atoms with Crippen LogP contribution in [0.15, 0.2) is 47.4 Å². The van der Waals surface area contributed by atoms with Gasteiger partial charge in [-0.15, -0.1) is 0 Å². The largest absolute Gasteiger partial charge is 0.374 e. The molecule has 3 N–H and O–H groups in total. The molecule has 0 saturated heterocycles. The Morgan fingerprint density at radius 2 is 2.40 bits per heavy atom. The fraction of sp³-hybridized carbons (Fsp3) is 0.200. The lowest BCUT2D eigenvalue weighted by molar-refractivity contribution is 0.738. The van der Waals surface area contributed by atoms with Crippen LogP contribution in [0, 0.1) is 17.3 Å². The van der Waals surface area contributed by atoms with Crippen LogP contribution < -0.4 is 10.6 Å². The smallest absolute Gasteiger partial charge is 0.109 e. The highest BCUT2D eigenvalue weighted by atomic mass is 32.2. The zero-order valence-corrected chi connectivity index (χ0v) is 12.1. The number of aromatic nitrogens is 1. The maximum Gasteiger partial charge on any atom is 0.109 e. The lowest BCUT2D eigenvalue weighted by Crippen LogP contribution is -2.26. The molecule has 0 amide bonds. The van der Waals surface area contributed by atoms with Crippen molar-refractivity contribution in [2.75, 3.05) is 13.6 Å². The second kappa shape index (κ2) is 7.41. The van der Waals surface area contributed by atoms with Crippen molar-refractivity contribution in [2.24, 2.45) is 0 Å². The van der Waals surface area contributed by atoms with E-state index in [-0.39, 0.29) is 0 Å². The molecule has 0 aliphatic carbocycles. The summed E-state index contributed by atoms with van der Waals surface area (Å²) in [4.78, 5) is 4.02. The van der Waals surface area contributed by atoms with Crippen LogP contribution in [0.1, 0.15) is 12.0 Å². The standard InChI is InChI=1S/C15H16N4S/c1-17-15(13-7-10-20-14(13)16)19-9-3-2-5-12-6-4-8-18-11-12/h4,6-8,10-11,16-17,19H,3,9H2,1H3/b15-13+,16-14?. The minimum Gasteiger partial charge on any atom is -0.374 e. The molecule has 0 spiro atoms. The van der Waals surface area contributed by atoms with Gasteiger partial charge in [0.05, 0.1) is 0 Å². The van der Waals surface area contributed by atoms with Crippen molar-refractivity contribution in [3.05, 3.63) is 53.0 Å². The molecule has 0 radical (unpaired) electrons. The quantitative estimate of drug-likeness (QED) is 0.585. The van der Waals surface area contributed by atoms with Gasteiger partial charge in [0.15, 0.2) is 0 Å². The van der Waals surface area contributed by atoms with Gasteiger partial charge in [-0.1, -0.05) is 23.6 Å². The number of nitrogens with one attached hydrogen (secondary N) is 3. The third kappa shape index (κ3) is 3.90. The molecule has 0 atom stereocenters. The highest BCUT2D eigenvalue weighted by Crippen LogP contribution is 2.23. The van der Waals surface area contributed by atoms with Crippen LogP contribution >= 0.6 is 11.8 Å². The average Bonchev–Trinajstić information content (AvgIpc) is 2.90. The maximum absolute atomic E-state index is 7.80. The zero-order valence-electron chi connectivity index (χ0n) is 11.2. The molecule has 0 aromatic carbocycles. The first-order valence-electron chi connectivity index (χ1n) is 6.28. The van der Waals surface area contributed by atoms with E-state index < -0.39 is 0 Å². The molecule has 102 valence electrons. The Morgan fingerprint density at radius 1 is 1.50 bits per heavy atom. The summed E-state index contributed by atoms with van der Waals surface area (Å²) in [5, 5.41) is 16.6. The number of hydrogen-bond acceptors (Lipinski definition) is 5. The Hall–Kier alpha value is -2.19. The lowest BCUT2D eigenvalue weighted by atomic mass is 10.2. The minimum absolute atomic E-state index is 0.559. The van der Waals surface area contributed by atoms with Crippen LogP contribution in [0.2, 0.25) is 0 Å². The summed E-state index contributed by atoms with van der Waals surface area (Å²) in [6.45, 7) is 0.735. The minimum atomic E-state index is 0.559. The highest BCUT2D eigenvalue weighted by molar-refractivity contribution is 8.17. The first kappa shape index (κ1) is 14.2. The number of nitrogens with zero attached hydrogens (tertiary/aromatic N) is 1. The van der Waals surface area contributed by atoms with Crippen LogP contribution in [0.25, 0.3) is 0 Å². The van der Waals surface area contributed by atoms with Gasteiger partial charge in [-0.3, -0.25) is 10.4 Å². The van der Waals surface area contributed by atoms with E-state index in [1.54, 1.807) is 12.4 Å². The van der Waals surface area contributed by atoms with Crippen LogP contribution in [-0.4, -0.2) is 23.6 Å². The van der Waals surface area contributed by atoms with Gasteiger partial charge in [-0.2, -0.15) is 0 Å². The van der Waals surface area contributed by atoms with E-state index in [4.69, 9.17) is 5.41 Å². The van der Waals surface area contributed by atoms with Crippen molar-refractivity contribution < 1.29 is 0 Å². The molecule has 0 bridgehead atoms.